The molecule has 3 aliphatic rings. The van der Waals surface area contributed by atoms with Crippen LogP contribution in [0.25, 0.3) is 11.0 Å². The van der Waals surface area contributed by atoms with E-state index in [1.807, 2.05) is 30.3 Å². The lowest BCUT2D eigenvalue weighted by atomic mass is 9.99. The first-order valence-corrected chi connectivity index (χ1v) is 12.7. The molecular formula is C27H22N2O7S. The molecule has 2 fully saturated rings. The number of nitrogens with zero attached hydrogens (tertiary/aromatic N) is 1. The molecule has 6 rings (SSSR count). The zero-order valence-corrected chi connectivity index (χ0v) is 20.3. The minimum Gasteiger partial charge on any atom is -0.489 e. The van der Waals surface area contributed by atoms with Crippen molar-refractivity contribution in [2.24, 2.45) is 0 Å². The number of nitrogens with one attached hydrogen (secondary N) is 1. The van der Waals surface area contributed by atoms with Crippen LogP contribution in [0.15, 0.2) is 81.1 Å². The molecule has 2 amide bonds. The number of carboxylic acids is 1. The van der Waals surface area contributed by atoms with Gasteiger partial charge in [-0.1, -0.05) is 30.3 Å². The van der Waals surface area contributed by atoms with Crippen molar-refractivity contribution in [2.75, 3.05) is 6.61 Å². The fourth-order valence-electron chi connectivity index (χ4n) is 4.88. The van der Waals surface area contributed by atoms with E-state index in [1.165, 1.54) is 22.7 Å². The molecular weight excluding hydrogens is 496 g/mol. The van der Waals surface area contributed by atoms with Crippen LogP contribution >= 0.6 is 11.8 Å². The number of thioether (sulfide) groups is 1. The summed E-state index contributed by atoms with van der Waals surface area (Å²) in [5.74, 6) is -1.52. The largest absolute Gasteiger partial charge is 0.489 e. The molecule has 1 saturated heterocycles. The van der Waals surface area contributed by atoms with E-state index in [0.29, 0.717) is 16.9 Å². The van der Waals surface area contributed by atoms with Crippen LogP contribution < -0.4 is 15.7 Å². The van der Waals surface area contributed by atoms with Gasteiger partial charge in [0.25, 0.3) is 5.91 Å². The highest BCUT2D eigenvalue weighted by Gasteiger charge is 2.63. The Hall–Kier alpha value is -4.05. The van der Waals surface area contributed by atoms with Gasteiger partial charge in [-0.05, 0) is 36.6 Å². The van der Waals surface area contributed by atoms with Crippen LogP contribution in [0.2, 0.25) is 0 Å². The molecule has 188 valence electrons. The van der Waals surface area contributed by atoms with Crippen molar-refractivity contribution in [3.05, 3.63) is 87.9 Å². The highest BCUT2D eigenvalue weighted by Crippen LogP contribution is 2.62. The van der Waals surface area contributed by atoms with E-state index >= 15 is 0 Å². The van der Waals surface area contributed by atoms with Gasteiger partial charge in [0.1, 0.15) is 35.1 Å². The first-order chi connectivity index (χ1) is 17.8. The van der Waals surface area contributed by atoms with Gasteiger partial charge in [-0.2, -0.15) is 0 Å². The Morgan fingerprint density at radius 1 is 1.11 bits per heavy atom. The Balaban J connectivity index is 1.22. The maximum atomic E-state index is 13.0. The Morgan fingerprint density at radius 2 is 1.86 bits per heavy atom. The predicted molar refractivity (Wildman–Crippen MR) is 135 cm³/mol. The molecule has 2 aliphatic heterocycles. The number of amides is 2. The standard InChI is InChI=1S/C27H22N2O7S/c30-20(12-15-4-2-1-3-5-15)28-22-24(32)29-23(26(33)34)18(27(10-11-27)37-25(22)29)14-35-17-8-6-16-7-9-21(31)36-19(16)13-17/h1-9,13,22,25H,10-12,14H2,(H,28,30)(H,33,34)/t22-,25-/m1/s1. The number of ether oxygens (including phenoxy) is 1. The van der Waals surface area contributed by atoms with Crippen LogP contribution in [0.3, 0.4) is 0 Å². The van der Waals surface area contributed by atoms with E-state index in [1.54, 1.807) is 24.3 Å². The fraction of sp³-hybridized carbons (Fsp3) is 0.259. The SMILES string of the molecule is O=C(Cc1ccccc1)N[C@@H]1C(=O)N2C(C(=O)O)=C(COc3ccc4ccc(=O)oc4c3)C3(CC3)S[C@H]12. The van der Waals surface area contributed by atoms with Gasteiger partial charge in [-0.25, -0.2) is 9.59 Å². The Labute approximate surface area is 215 Å². The number of β-lactam (4-membered cyclic amide) rings is 1. The third kappa shape index (κ3) is 4.17. The number of hydrogen-bond acceptors (Lipinski definition) is 7. The van der Waals surface area contributed by atoms with Crippen molar-refractivity contribution in [2.45, 2.75) is 35.4 Å². The van der Waals surface area contributed by atoms with Gasteiger partial charge in [-0.3, -0.25) is 14.5 Å². The van der Waals surface area contributed by atoms with Gasteiger partial charge >= 0.3 is 11.6 Å². The second-order valence-electron chi connectivity index (χ2n) is 9.29. The van der Waals surface area contributed by atoms with Crippen LogP contribution in [-0.2, 0) is 20.8 Å². The average molecular weight is 519 g/mol. The molecule has 0 radical (unpaired) electrons. The Kier molecular flexibility index (Phi) is 5.56. The highest BCUT2D eigenvalue weighted by molar-refractivity contribution is 8.02. The molecule has 3 heterocycles. The number of rotatable bonds is 7. The molecule has 3 aromatic rings. The summed E-state index contributed by atoms with van der Waals surface area (Å²) in [4.78, 5) is 50.8. The number of benzene rings is 2. The van der Waals surface area contributed by atoms with Crippen LogP contribution in [-0.4, -0.2) is 50.6 Å². The first-order valence-electron chi connectivity index (χ1n) is 11.8. The molecule has 0 unspecified atom stereocenters. The summed E-state index contributed by atoms with van der Waals surface area (Å²) in [7, 11) is 0. The third-order valence-electron chi connectivity index (χ3n) is 6.87. The lowest BCUT2D eigenvalue weighted by Crippen LogP contribution is -2.71. The number of carboxylic acid groups (broad SMARTS) is 1. The van der Waals surface area contributed by atoms with Crippen molar-refractivity contribution < 1.29 is 28.6 Å². The van der Waals surface area contributed by atoms with Gasteiger partial charge in [0.05, 0.1) is 6.42 Å². The van der Waals surface area contributed by atoms with Crippen molar-refractivity contribution in [3.8, 4) is 5.75 Å². The lowest BCUT2D eigenvalue weighted by Gasteiger charge is -2.51. The highest BCUT2D eigenvalue weighted by atomic mass is 32.2. The number of aliphatic carboxylic acids is 1. The smallest absolute Gasteiger partial charge is 0.352 e. The third-order valence-corrected chi connectivity index (χ3v) is 8.70. The minimum atomic E-state index is -1.21. The normalized spacial score (nSPS) is 21.4. The molecule has 1 aliphatic carbocycles. The van der Waals surface area contributed by atoms with Gasteiger partial charge in [0, 0.05) is 27.8 Å². The maximum absolute atomic E-state index is 13.0. The van der Waals surface area contributed by atoms with Gasteiger partial charge in [-0.15, -0.1) is 11.8 Å². The van der Waals surface area contributed by atoms with E-state index in [9.17, 15) is 24.3 Å². The average Bonchev–Trinajstić information content (AvgIpc) is 3.66. The molecule has 1 spiro atoms. The lowest BCUT2D eigenvalue weighted by molar-refractivity contribution is -0.150. The molecule has 2 N–H and O–H groups in total. The van der Waals surface area contributed by atoms with Gasteiger partial charge in [0.2, 0.25) is 5.91 Å². The van der Waals surface area contributed by atoms with Crippen LogP contribution in [0.1, 0.15) is 18.4 Å². The summed E-state index contributed by atoms with van der Waals surface area (Å²) >= 11 is 1.51. The summed E-state index contributed by atoms with van der Waals surface area (Å²) in [6.07, 6.45) is 1.64. The summed E-state index contributed by atoms with van der Waals surface area (Å²) in [5, 5.41) is 13.1. The molecule has 2 atom stereocenters. The molecule has 10 heteroatoms. The summed E-state index contributed by atoms with van der Waals surface area (Å²) < 4.78 is 10.7. The first kappa shape index (κ1) is 23.4. The number of hydrogen-bond donors (Lipinski definition) is 2. The van der Waals surface area contributed by atoms with E-state index in [4.69, 9.17) is 9.15 Å². The number of fused-ring (bicyclic) bond motifs is 2. The molecule has 0 bridgehead atoms. The van der Waals surface area contributed by atoms with Crippen molar-refractivity contribution >= 4 is 40.5 Å². The van der Waals surface area contributed by atoms with Crippen LogP contribution in [0.5, 0.6) is 5.75 Å². The molecule has 9 nitrogen and oxygen atoms in total. The van der Waals surface area contributed by atoms with E-state index < -0.39 is 33.7 Å². The van der Waals surface area contributed by atoms with Crippen molar-refractivity contribution in [1.82, 2.24) is 10.2 Å². The van der Waals surface area contributed by atoms with E-state index in [-0.39, 0.29) is 24.6 Å². The zero-order valence-electron chi connectivity index (χ0n) is 19.5. The van der Waals surface area contributed by atoms with Gasteiger partial charge < -0.3 is 19.6 Å². The second kappa shape index (κ2) is 8.81. The monoisotopic (exact) mass is 518 g/mol. The zero-order chi connectivity index (χ0) is 25.7. The Morgan fingerprint density at radius 3 is 2.59 bits per heavy atom. The number of carbonyl (C=O) groups is 3. The van der Waals surface area contributed by atoms with Crippen LogP contribution in [0, 0.1) is 0 Å². The fourth-order valence-corrected chi connectivity index (χ4v) is 6.61. The predicted octanol–water partition coefficient (Wildman–Crippen LogP) is 2.69. The van der Waals surface area contributed by atoms with E-state index in [0.717, 1.165) is 23.8 Å². The molecule has 2 aromatic carbocycles. The quantitative estimate of drug-likeness (QED) is 0.361. The summed E-state index contributed by atoms with van der Waals surface area (Å²) in [6.45, 7) is -0.0290. The second-order valence-corrected chi connectivity index (χ2v) is 10.8. The molecule has 1 saturated carbocycles. The minimum absolute atomic E-state index is 0.0290. The van der Waals surface area contributed by atoms with E-state index in [2.05, 4.69) is 5.32 Å². The van der Waals surface area contributed by atoms with Crippen LogP contribution in [0.4, 0.5) is 0 Å². The number of carbonyl (C=O) groups excluding carboxylic acids is 2. The summed E-state index contributed by atoms with van der Waals surface area (Å²) in [5.41, 5.74) is 1.18. The Bertz CT molecular complexity index is 1530. The molecule has 37 heavy (non-hydrogen) atoms. The van der Waals surface area contributed by atoms with Crippen molar-refractivity contribution in [3.63, 3.8) is 0 Å². The molecule has 1 aromatic heterocycles. The topological polar surface area (TPSA) is 126 Å². The van der Waals surface area contributed by atoms with Crippen molar-refractivity contribution in [1.29, 1.82) is 0 Å². The van der Waals surface area contributed by atoms with Gasteiger partial charge in [0.15, 0.2) is 0 Å². The summed E-state index contributed by atoms with van der Waals surface area (Å²) in [6, 6.07) is 16.5. The maximum Gasteiger partial charge on any atom is 0.352 e.